The highest BCUT2D eigenvalue weighted by Crippen LogP contribution is 2.15. The summed E-state index contributed by atoms with van der Waals surface area (Å²) in [7, 11) is 0. The van der Waals surface area contributed by atoms with E-state index in [1.165, 1.54) is 4.88 Å². The van der Waals surface area contributed by atoms with Gasteiger partial charge in [0.25, 0.3) is 0 Å². The van der Waals surface area contributed by atoms with Crippen LogP contribution in [-0.2, 0) is 16.0 Å². The lowest BCUT2D eigenvalue weighted by Crippen LogP contribution is -2.52. The predicted molar refractivity (Wildman–Crippen MR) is 132 cm³/mol. The van der Waals surface area contributed by atoms with Crippen molar-refractivity contribution in [1.82, 2.24) is 15.1 Å². The van der Waals surface area contributed by atoms with Gasteiger partial charge in [-0.15, -0.1) is 35.3 Å². The molecule has 1 N–H and O–H groups in total. The number of ether oxygens (including phenoxy) is 2. The molecule has 0 amide bonds. The first-order chi connectivity index (χ1) is 13.8. The van der Waals surface area contributed by atoms with Crippen LogP contribution in [0, 0.1) is 5.92 Å². The Morgan fingerprint density at radius 1 is 1.28 bits per heavy atom. The summed E-state index contributed by atoms with van der Waals surface area (Å²) in [6.45, 7) is 12.7. The van der Waals surface area contributed by atoms with Gasteiger partial charge in [-0.05, 0) is 43.6 Å². The molecule has 0 unspecified atom stereocenters. The number of hydrogen-bond donors (Lipinski definition) is 1. The lowest BCUT2D eigenvalue weighted by atomic mass is 10.0. The van der Waals surface area contributed by atoms with Crippen molar-refractivity contribution in [3.05, 3.63) is 22.4 Å². The first-order valence-corrected chi connectivity index (χ1v) is 11.7. The van der Waals surface area contributed by atoms with Crippen LogP contribution in [0.4, 0.5) is 0 Å². The number of hydrogen-bond acceptors (Lipinski definition) is 5. The number of aliphatic imine (C=N–C) groups is 1. The van der Waals surface area contributed by atoms with Gasteiger partial charge in [-0.3, -0.25) is 9.89 Å². The molecule has 29 heavy (non-hydrogen) atoms. The van der Waals surface area contributed by atoms with E-state index in [2.05, 4.69) is 39.6 Å². The molecule has 2 saturated heterocycles. The van der Waals surface area contributed by atoms with Crippen LogP contribution in [-0.4, -0.2) is 81.5 Å². The molecule has 1 aromatic heterocycles. The number of thiophene rings is 1. The van der Waals surface area contributed by atoms with Crippen LogP contribution in [0.2, 0.25) is 0 Å². The molecule has 2 aliphatic rings. The molecule has 1 aromatic rings. The summed E-state index contributed by atoms with van der Waals surface area (Å²) in [6, 6.07) is 4.37. The molecule has 3 rings (SSSR count). The number of nitrogens with one attached hydrogen (secondary N) is 1. The highest BCUT2D eigenvalue weighted by Gasteiger charge is 2.19. The quantitative estimate of drug-likeness (QED) is 0.227. The largest absolute Gasteiger partial charge is 0.381 e. The molecule has 2 aliphatic heterocycles. The van der Waals surface area contributed by atoms with Crippen LogP contribution in [0.3, 0.4) is 0 Å². The Balaban J connectivity index is 0.00000300. The van der Waals surface area contributed by atoms with Crippen molar-refractivity contribution in [1.29, 1.82) is 0 Å². The van der Waals surface area contributed by atoms with Gasteiger partial charge in [-0.25, -0.2) is 0 Å². The van der Waals surface area contributed by atoms with E-state index in [9.17, 15) is 0 Å². The van der Waals surface area contributed by atoms with Gasteiger partial charge in [0.05, 0.1) is 0 Å². The van der Waals surface area contributed by atoms with Gasteiger partial charge < -0.3 is 19.7 Å². The second-order valence-corrected chi connectivity index (χ2v) is 8.59. The summed E-state index contributed by atoms with van der Waals surface area (Å²) in [5.41, 5.74) is 0. The second-order valence-electron chi connectivity index (χ2n) is 7.56. The number of halogens is 1. The summed E-state index contributed by atoms with van der Waals surface area (Å²) >= 11 is 1.85. The summed E-state index contributed by atoms with van der Waals surface area (Å²) < 4.78 is 11.3. The molecule has 3 heterocycles. The molecule has 0 aliphatic carbocycles. The molecule has 0 bridgehead atoms. The average molecular weight is 537 g/mol. The molecular formula is C21H37IN4O2S. The van der Waals surface area contributed by atoms with E-state index in [0.717, 1.165) is 97.5 Å². The minimum absolute atomic E-state index is 0. The zero-order chi connectivity index (χ0) is 19.4. The molecule has 0 saturated carbocycles. The van der Waals surface area contributed by atoms with Gasteiger partial charge in [0, 0.05) is 77.1 Å². The van der Waals surface area contributed by atoms with Crippen molar-refractivity contribution in [3.63, 3.8) is 0 Å². The SMILES string of the molecule is CCNC(=NCCCOCC1CCOCC1)N1CCN(Cc2cccs2)CC1.I. The van der Waals surface area contributed by atoms with Gasteiger partial charge in [0.1, 0.15) is 0 Å². The van der Waals surface area contributed by atoms with E-state index >= 15 is 0 Å². The minimum Gasteiger partial charge on any atom is -0.381 e. The van der Waals surface area contributed by atoms with E-state index < -0.39 is 0 Å². The zero-order valence-corrected chi connectivity index (χ0v) is 20.8. The van der Waals surface area contributed by atoms with Crippen LogP contribution in [0.5, 0.6) is 0 Å². The minimum atomic E-state index is 0. The Morgan fingerprint density at radius 2 is 2.07 bits per heavy atom. The summed E-state index contributed by atoms with van der Waals surface area (Å²) in [4.78, 5) is 11.2. The van der Waals surface area contributed by atoms with Crippen LogP contribution in [0.25, 0.3) is 0 Å². The van der Waals surface area contributed by atoms with Crippen molar-refractivity contribution in [2.24, 2.45) is 10.9 Å². The third kappa shape index (κ3) is 9.08. The number of guanidine groups is 1. The maximum Gasteiger partial charge on any atom is 0.194 e. The normalized spacial score (nSPS) is 19.2. The third-order valence-corrected chi connectivity index (χ3v) is 6.23. The highest BCUT2D eigenvalue weighted by molar-refractivity contribution is 14.0. The Bertz CT molecular complexity index is 559. The summed E-state index contributed by atoms with van der Waals surface area (Å²) in [5.74, 6) is 1.74. The van der Waals surface area contributed by atoms with Crippen molar-refractivity contribution in [2.75, 3.05) is 65.7 Å². The third-order valence-electron chi connectivity index (χ3n) is 5.37. The van der Waals surface area contributed by atoms with Crippen LogP contribution < -0.4 is 5.32 Å². The van der Waals surface area contributed by atoms with E-state index in [1.807, 2.05) is 11.3 Å². The molecule has 8 heteroatoms. The maximum atomic E-state index is 5.86. The Labute approximate surface area is 197 Å². The van der Waals surface area contributed by atoms with E-state index in [1.54, 1.807) is 0 Å². The second kappa shape index (κ2) is 14.6. The predicted octanol–water partition coefficient (Wildman–Crippen LogP) is 3.28. The summed E-state index contributed by atoms with van der Waals surface area (Å²) in [6.07, 6.45) is 3.26. The Kier molecular flexibility index (Phi) is 12.5. The van der Waals surface area contributed by atoms with Gasteiger partial charge in [-0.1, -0.05) is 6.07 Å². The first kappa shape index (κ1) is 24.8. The first-order valence-electron chi connectivity index (χ1n) is 10.8. The van der Waals surface area contributed by atoms with Crippen molar-refractivity contribution >= 4 is 41.3 Å². The van der Waals surface area contributed by atoms with Gasteiger partial charge in [0.2, 0.25) is 0 Å². The fourth-order valence-corrected chi connectivity index (χ4v) is 4.43. The molecule has 2 fully saturated rings. The van der Waals surface area contributed by atoms with Gasteiger partial charge in [-0.2, -0.15) is 0 Å². The lowest BCUT2D eigenvalue weighted by Gasteiger charge is -2.36. The molecule has 0 atom stereocenters. The maximum absolute atomic E-state index is 5.86. The fraction of sp³-hybridized carbons (Fsp3) is 0.762. The van der Waals surface area contributed by atoms with Crippen LogP contribution in [0.15, 0.2) is 22.5 Å². The van der Waals surface area contributed by atoms with E-state index in [0.29, 0.717) is 5.92 Å². The highest BCUT2D eigenvalue weighted by atomic mass is 127. The molecule has 166 valence electrons. The van der Waals surface area contributed by atoms with Crippen molar-refractivity contribution in [2.45, 2.75) is 32.7 Å². The van der Waals surface area contributed by atoms with E-state index in [-0.39, 0.29) is 24.0 Å². The Hall–Kier alpha value is -0.420. The molecule has 0 radical (unpaired) electrons. The average Bonchev–Trinajstić information content (AvgIpc) is 3.24. The van der Waals surface area contributed by atoms with Crippen LogP contribution >= 0.6 is 35.3 Å². The number of nitrogens with zero attached hydrogens (tertiary/aromatic N) is 3. The monoisotopic (exact) mass is 536 g/mol. The van der Waals surface area contributed by atoms with E-state index in [4.69, 9.17) is 14.5 Å². The van der Waals surface area contributed by atoms with Crippen molar-refractivity contribution < 1.29 is 9.47 Å². The standard InChI is InChI=1S/C21H36N4O2S.HI/c1-2-22-21(23-8-4-13-27-18-19-6-14-26-15-7-19)25-11-9-24(10-12-25)17-20-5-3-16-28-20;/h3,5,16,19H,2,4,6-15,17-18H2,1H3,(H,22,23);1H. The lowest BCUT2D eigenvalue weighted by molar-refractivity contribution is 0.0205. The molecular weight excluding hydrogens is 499 g/mol. The zero-order valence-electron chi connectivity index (χ0n) is 17.7. The Morgan fingerprint density at radius 3 is 2.76 bits per heavy atom. The molecule has 0 spiro atoms. The molecule has 0 aromatic carbocycles. The van der Waals surface area contributed by atoms with Gasteiger partial charge in [0.15, 0.2) is 5.96 Å². The number of piperazine rings is 1. The van der Waals surface area contributed by atoms with Crippen molar-refractivity contribution in [3.8, 4) is 0 Å². The smallest absolute Gasteiger partial charge is 0.194 e. The summed E-state index contributed by atoms with van der Waals surface area (Å²) in [5, 5.41) is 5.62. The van der Waals surface area contributed by atoms with Crippen LogP contribution in [0.1, 0.15) is 31.1 Å². The number of rotatable bonds is 9. The topological polar surface area (TPSA) is 49.3 Å². The van der Waals surface area contributed by atoms with Gasteiger partial charge >= 0.3 is 0 Å². The fourth-order valence-electron chi connectivity index (χ4n) is 3.68. The molecule has 6 nitrogen and oxygen atoms in total.